The molecule has 0 aliphatic rings. The molecule has 10 nitrogen and oxygen atoms in total. The van der Waals surface area contributed by atoms with Gasteiger partial charge in [0.15, 0.2) is 0 Å². The van der Waals surface area contributed by atoms with Crippen molar-refractivity contribution in [2.75, 3.05) is 26.9 Å². The predicted molar refractivity (Wildman–Crippen MR) is 139 cm³/mol. The van der Waals surface area contributed by atoms with Gasteiger partial charge >= 0.3 is 19.8 Å². The number of ether oxygens (including phenoxy) is 1. The Bertz CT molecular complexity index is 606. The third-order valence-electron chi connectivity index (χ3n) is 5.90. The fourth-order valence-electron chi connectivity index (χ4n) is 3.61. The highest BCUT2D eigenvalue weighted by Crippen LogP contribution is 2.43. The molecule has 0 aromatic rings. The van der Waals surface area contributed by atoms with Crippen molar-refractivity contribution in [2.45, 2.75) is 122 Å². The number of rotatable bonds is 26. The number of aliphatic hydroxyl groups is 1. The molecule has 0 amide bonds. The van der Waals surface area contributed by atoms with Crippen molar-refractivity contribution in [1.29, 1.82) is 0 Å². The van der Waals surface area contributed by atoms with E-state index in [4.69, 9.17) is 9.84 Å². The summed E-state index contributed by atoms with van der Waals surface area (Å²) in [6, 6.07) is -1.18. The Morgan fingerprint density at radius 1 is 0.778 bits per heavy atom. The van der Waals surface area contributed by atoms with Crippen LogP contribution in [0.15, 0.2) is 0 Å². The lowest BCUT2D eigenvalue weighted by Crippen LogP contribution is -2.37. The fourth-order valence-corrected chi connectivity index (χ4v) is 4.39. The quantitative estimate of drug-likeness (QED) is 0.0674. The molecule has 1 unspecified atom stereocenters. The number of carbonyl (C=O) groups is 2. The average Bonchev–Trinajstić information content (AvgIpc) is 2.84. The maximum absolute atomic E-state index is 11.8. The molecule has 0 heterocycles. The largest absolute Gasteiger partial charge is 0.480 e. The normalized spacial score (nSPS) is 14.8. The van der Waals surface area contributed by atoms with Crippen molar-refractivity contribution in [2.24, 2.45) is 0 Å². The Labute approximate surface area is 217 Å². The van der Waals surface area contributed by atoms with Gasteiger partial charge in [-0.1, -0.05) is 96.8 Å². The highest BCUT2D eigenvalue weighted by Gasteiger charge is 2.26. The second-order valence-electron chi connectivity index (χ2n) is 9.28. The summed E-state index contributed by atoms with van der Waals surface area (Å²) in [6.45, 7) is 0.683. The number of esters is 1. The van der Waals surface area contributed by atoms with Crippen LogP contribution in [-0.2, 0) is 27.9 Å². The summed E-state index contributed by atoms with van der Waals surface area (Å²) >= 11 is 0. The van der Waals surface area contributed by atoms with Crippen LogP contribution in [0, 0.1) is 0 Å². The molecule has 0 aliphatic carbocycles. The first-order valence-electron chi connectivity index (χ1n) is 13.6. The number of carboxylic acid groups (broad SMARTS) is 1. The Kier molecular flexibility index (Phi) is 22.5. The molecule has 11 heteroatoms. The molecule has 214 valence electrons. The number of aliphatic carboxylic acids is 1. The average molecular weight is 540 g/mol. The summed E-state index contributed by atoms with van der Waals surface area (Å²) in [6.07, 6.45) is 17.6. The molecule has 0 aromatic heterocycles. The van der Waals surface area contributed by atoms with Crippen molar-refractivity contribution in [1.82, 2.24) is 5.32 Å². The molecule has 36 heavy (non-hydrogen) atoms. The zero-order chi connectivity index (χ0) is 27.1. The van der Waals surface area contributed by atoms with Crippen LogP contribution in [0.1, 0.15) is 110 Å². The number of phosphoric acid groups is 1. The monoisotopic (exact) mass is 539 g/mol. The zero-order valence-electron chi connectivity index (χ0n) is 22.3. The maximum Gasteiger partial charge on any atom is 0.472 e. The van der Waals surface area contributed by atoms with E-state index in [0.29, 0.717) is 0 Å². The van der Waals surface area contributed by atoms with Crippen LogP contribution < -0.4 is 5.32 Å². The molecule has 0 spiro atoms. The van der Waals surface area contributed by atoms with Crippen LogP contribution in [0.25, 0.3) is 0 Å². The van der Waals surface area contributed by atoms with Crippen molar-refractivity contribution in [3.8, 4) is 0 Å². The molecule has 3 atom stereocenters. The third kappa shape index (κ3) is 22.2. The van der Waals surface area contributed by atoms with Gasteiger partial charge in [-0.15, -0.1) is 0 Å². The van der Waals surface area contributed by atoms with E-state index >= 15 is 0 Å². The molecular formula is C25H50NO9P. The van der Waals surface area contributed by atoms with Gasteiger partial charge in [-0.3, -0.25) is 18.6 Å². The number of aliphatic hydroxyl groups excluding tert-OH is 1. The molecule has 0 bridgehead atoms. The van der Waals surface area contributed by atoms with Gasteiger partial charge in [0, 0.05) is 6.42 Å². The molecule has 0 saturated heterocycles. The van der Waals surface area contributed by atoms with Gasteiger partial charge in [-0.25, -0.2) is 4.57 Å². The first-order chi connectivity index (χ1) is 17.2. The zero-order valence-corrected chi connectivity index (χ0v) is 23.2. The topological polar surface area (TPSA) is 152 Å². The number of hydrogen-bond acceptors (Lipinski definition) is 8. The Balaban J connectivity index is 3.60. The molecule has 0 fully saturated rings. The molecular weight excluding hydrogens is 489 g/mol. The van der Waals surface area contributed by atoms with Crippen LogP contribution >= 0.6 is 7.82 Å². The van der Waals surface area contributed by atoms with Crippen LogP contribution in [-0.4, -0.2) is 66.1 Å². The van der Waals surface area contributed by atoms with Crippen LogP contribution in [0.2, 0.25) is 0 Å². The fraction of sp³-hybridized carbons (Fsp3) is 0.920. The van der Waals surface area contributed by atoms with E-state index in [2.05, 4.69) is 21.3 Å². The van der Waals surface area contributed by atoms with E-state index in [9.17, 15) is 24.2 Å². The van der Waals surface area contributed by atoms with Gasteiger partial charge in [0.05, 0.1) is 13.2 Å². The Hall–Kier alpha value is -1.03. The lowest BCUT2D eigenvalue weighted by molar-refractivity contribution is -0.147. The van der Waals surface area contributed by atoms with E-state index in [1.165, 1.54) is 84.1 Å². The molecule has 0 saturated carbocycles. The Morgan fingerprint density at radius 3 is 1.67 bits per heavy atom. The smallest absolute Gasteiger partial charge is 0.472 e. The Morgan fingerprint density at radius 2 is 1.22 bits per heavy atom. The number of unbranched alkanes of at least 4 members (excludes halogenated alkanes) is 14. The highest BCUT2D eigenvalue weighted by atomic mass is 31.2. The number of nitrogens with one attached hydrogen (secondary N) is 1. The summed E-state index contributed by atoms with van der Waals surface area (Å²) < 4.78 is 25.9. The lowest BCUT2D eigenvalue weighted by Gasteiger charge is -2.17. The SMILES string of the molecule is CCCCCCCCCCCCCCCCCC(=O)OC[C@@H](O)COP(=O)(O)OC[C@H](NC)C(=O)O. The second kappa shape index (κ2) is 23.1. The van der Waals surface area contributed by atoms with E-state index in [-0.39, 0.29) is 13.0 Å². The minimum Gasteiger partial charge on any atom is -0.480 e. The van der Waals surface area contributed by atoms with Gasteiger partial charge in [-0.2, -0.15) is 0 Å². The van der Waals surface area contributed by atoms with Crippen molar-refractivity contribution in [3.05, 3.63) is 0 Å². The second-order valence-corrected chi connectivity index (χ2v) is 10.7. The van der Waals surface area contributed by atoms with E-state index < -0.39 is 45.1 Å². The number of phosphoric ester groups is 1. The first-order valence-corrected chi connectivity index (χ1v) is 15.1. The first kappa shape index (κ1) is 35.0. The van der Waals surface area contributed by atoms with Gasteiger partial charge < -0.3 is 25.2 Å². The predicted octanol–water partition coefficient (Wildman–Crippen LogP) is 4.96. The van der Waals surface area contributed by atoms with Crippen LogP contribution in [0.3, 0.4) is 0 Å². The minimum absolute atomic E-state index is 0.258. The van der Waals surface area contributed by atoms with Crippen LogP contribution in [0.5, 0.6) is 0 Å². The summed E-state index contributed by atoms with van der Waals surface area (Å²) in [7, 11) is -3.19. The number of likely N-dealkylation sites (N-methyl/N-ethyl adjacent to an activating group) is 1. The number of carboxylic acids is 1. The molecule has 0 aliphatic heterocycles. The summed E-state index contributed by atoms with van der Waals surface area (Å²) in [4.78, 5) is 32.2. The van der Waals surface area contributed by atoms with Crippen LogP contribution in [0.4, 0.5) is 0 Å². The minimum atomic E-state index is -4.55. The van der Waals surface area contributed by atoms with E-state index in [1.54, 1.807) is 0 Å². The summed E-state index contributed by atoms with van der Waals surface area (Å²) in [5.74, 6) is -1.69. The molecule has 0 aromatic carbocycles. The van der Waals surface area contributed by atoms with E-state index in [1.807, 2.05) is 0 Å². The lowest BCUT2D eigenvalue weighted by atomic mass is 10.0. The standard InChI is InChI=1S/C25H50NO9P/c1-3-4-5-6-7-8-9-10-11-12-13-14-15-16-17-18-24(28)33-19-22(27)20-34-36(31,32)35-21-23(26-2)25(29)30/h22-23,26-27H,3-21H2,1-2H3,(H,29,30)(H,31,32)/t22-,23+/m1/s1. The van der Waals surface area contributed by atoms with Gasteiger partial charge in [0.1, 0.15) is 18.8 Å². The molecule has 4 N–H and O–H groups in total. The van der Waals surface area contributed by atoms with Crippen molar-refractivity contribution in [3.63, 3.8) is 0 Å². The summed E-state index contributed by atoms with van der Waals surface area (Å²) in [5.41, 5.74) is 0. The van der Waals surface area contributed by atoms with E-state index in [0.717, 1.165) is 19.3 Å². The third-order valence-corrected chi connectivity index (χ3v) is 6.85. The van der Waals surface area contributed by atoms with Crippen molar-refractivity contribution < 1.29 is 43.0 Å². The maximum atomic E-state index is 11.8. The van der Waals surface area contributed by atoms with Gasteiger partial charge in [0.25, 0.3) is 0 Å². The van der Waals surface area contributed by atoms with Gasteiger partial charge in [0.2, 0.25) is 0 Å². The molecule has 0 radical (unpaired) electrons. The highest BCUT2D eigenvalue weighted by molar-refractivity contribution is 7.47. The van der Waals surface area contributed by atoms with Gasteiger partial charge in [-0.05, 0) is 13.5 Å². The number of hydrogen-bond donors (Lipinski definition) is 4. The number of carbonyl (C=O) groups excluding carboxylic acids is 1. The van der Waals surface area contributed by atoms with Crippen molar-refractivity contribution >= 4 is 19.8 Å². The summed E-state index contributed by atoms with van der Waals surface area (Å²) in [5, 5.41) is 21.0. The molecule has 0 rings (SSSR count).